The molecule has 1 fully saturated rings. The summed E-state index contributed by atoms with van der Waals surface area (Å²) < 4.78 is 12.1. The minimum Gasteiger partial charge on any atom is -0.315 e. The third kappa shape index (κ3) is 3.55. The van der Waals surface area contributed by atoms with Crippen LogP contribution in [0.2, 0.25) is 0 Å². The fourth-order valence-corrected chi connectivity index (χ4v) is 4.57. The Labute approximate surface area is 97.4 Å². The molecule has 0 aromatic heterocycles. The van der Waals surface area contributed by atoms with E-state index in [2.05, 4.69) is 6.92 Å². The van der Waals surface area contributed by atoms with Gasteiger partial charge in [0, 0.05) is 18.7 Å². The molecule has 0 spiro atoms. The van der Waals surface area contributed by atoms with E-state index in [4.69, 9.17) is 0 Å². The summed E-state index contributed by atoms with van der Waals surface area (Å²) in [6, 6.07) is 0. The van der Waals surface area contributed by atoms with Crippen LogP contribution in [-0.2, 0) is 14.2 Å². The van der Waals surface area contributed by atoms with E-state index in [-0.39, 0.29) is 6.42 Å². The summed E-state index contributed by atoms with van der Waals surface area (Å²) in [4.78, 5) is 22.4. The minimum atomic E-state index is -2.76. The topological polar surface area (TPSA) is 51.2 Å². The van der Waals surface area contributed by atoms with Gasteiger partial charge in [-0.2, -0.15) is 0 Å². The van der Waals surface area contributed by atoms with E-state index >= 15 is 0 Å². The van der Waals surface area contributed by atoms with Crippen LogP contribution in [0.15, 0.2) is 0 Å². The number of ketones is 1. The second-order valence-electron chi connectivity index (χ2n) is 4.58. The van der Waals surface area contributed by atoms with Gasteiger partial charge in [0.15, 0.2) is 7.14 Å². The first-order chi connectivity index (χ1) is 7.60. The predicted octanol–water partition coefficient (Wildman–Crippen LogP) is 3.21. The summed E-state index contributed by atoms with van der Waals surface area (Å²) in [7, 11) is -2.76. The van der Waals surface area contributed by atoms with Crippen LogP contribution in [-0.4, -0.2) is 23.6 Å². The third-order valence-corrected chi connectivity index (χ3v) is 6.16. The maximum Gasteiger partial charge on any atom is 0.256 e. The summed E-state index contributed by atoms with van der Waals surface area (Å²) >= 11 is 0. The summed E-state index contributed by atoms with van der Waals surface area (Å²) in [5.41, 5.74) is -0.555. The van der Waals surface area contributed by atoms with Gasteiger partial charge in [0.25, 0.3) is 5.52 Å². The van der Waals surface area contributed by atoms with Crippen molar-refractivity contribution < 1.29 is 14.2 Å². The first-order valence-corrected chi connectivity index (χ1v) is 8.33. The van der Waals surface area contributed by atoms with Crippen molar-refractivity contribution in [3.05, 3.63) is 0 Å². The van der Waals surface area contributed by atoms with Crippen LogP contribution in [0.4, 0.5) is 0 Å². The molecular weight excluding hydrogens is 223 g/mol. The average Bonchev–Trinajstić information content (AvgIpc) is 2.52. The van der Waals surface area contributed by atoms with Gasteiger partial charge in [0.05, 0.1) is 0 Å². The van der Waals surface area contributed by atoms with Crippen molar-refractivity contribution in [1.82, 2.24) is 0 Å². The molecule has 3 nitrogen and oxygen atoms in total. The molecule has 1 rings (SSSR count). The van der Waals surface area contributed by atoms with E-state index < -0.39 is 18.4 Å². The number of rotatable bonds is 7. The zero-order chi connectivity index (χ0) is 12.0. The standard InChI is InChI=1S/C12H21O3P/c1-2-3-4-5-6-7-9-16(15)10-8-11(13)12(16)14/h2-10H2,1H3. The van der Waals surface area contributed by atoms with E-state index in [1.165, 1.54) is 19.3 Å². The summed E-state index contributed by atoms with van der Waals surface area (Å²) in [5.74, 6) is -0.408. The lowest BCUT2D eigenvalue weighted by atomic mass is 10.1. The van der Waals surface area contributed by atoms with Crippen molar-refractivity contribution in [3.63, 3.8) is 0 Å². The molecule has 1 aliphatic rings. The van der Waals surface area contributed by atoms with Crippen LogP contribution in [0.1, 0.15) is 51.9 Å². The molecule has 0 bridgehead atoms. The number of Topliss-reactive ketones (excluding diaryl/α,β-unsaturated/α-hetero) is 1. The summed E-state index contributed by atoms with van der Waals surface area (Å²) in [6.07, 6.45) is 7.70. The second-order valence-corrected chi connectivity index (χ2v) is 7.66. The Bertz CT molecular complexity index is 309. The molecule has 1 atom stereocenters. The van der Waals surface area contributed by atoms with E-state index in [1.54, 1.807) is 0 Å². The van der Waals surface area contributed by atoms with Crippen LogP contribution in [0, 0.1) is 0 Å². The Morgan fingerprint density at radius 3 is 2.25 bits per heavy atom. The number of carbonyl (C=O) groups is 2. The van der Waals surface area contributed by atoms with E-state index in [9.17, 15) is 14.2 Å². The number of carbonyl (C=O) groups excluding carboxylic acids is 2. The summed E-state index contributed by atoms with van der Waals surface area (Å²) in [6.45, 7) is 2.17. The zero-order valence-corrected chi connectivity index (χ0v) is 10.9. The monoisotopic (exact) mass is 244 g/mol. The SMILES string of the molecule is CCCCCCCCP1(=O)CCC(=O)C1=O. The van der Waals surface area contributed by atoms with E-state index in [0.29, 0.717) is 12.3 Å². The molecule has 0 amide bonds. The van der Waals surface area contributed by atoms with E-state index in [1.807, 2.05) is 0 Å². The predicted molar refractivity (Wildman–Crippen MR) is 65.3 cm³/mol. The van der Waals surface area contributed by atoms with Gasteiger partial charge in [-0.1, -0.05) is 39.0 Å². The van der Waals surface area contributed by atoms with Gasteiger partial charge in [-0.15, -0.1) is 0 Å². The molecule has 0 radical (unpaired) electrons. The maximum absolute atomic E-state index is 12.1. The average molecular weight is 244 g/mol. The molecule has 4 heteroatoms. The van der Waals surface area contributed by atoms with Crippen molar-refractivity contribution in [2.24, 2.45) is 0 Å². The number of unbranched alkanes of at least 4 members (excludes halogenated alkanes) is 5. The lowest BCUT2D eigenvalue weighted by molar-refractivity contribution is -0.131. The Hall–Kier alpha value is -0.430. The second kappa shape index (κ2) is 6.34. The smallest absolute Gasteiger partial charge is 0.256 e. The Morgan fingerprint density at radius 2 is 1.69 bits per heavy atom. The molecule has 1 heterocycles. The van der Waals surface area contributed by atoms with E-state index in [0.717, 1.165) is 19.3 Å². The van der Waals surface area contributed by atoms with Crippen molar-refractivity contribution in [2.45, 2.75) is 51.9 Å². The van der Waals surface area contributed by atoms with Gasteiger partial charge < -0.3 is 4.57 Å². The lowest BCUT2D eigenvalue weighted by Gasteiger charge is -2.07. The Morgan fingerprint density at radius 1 is 1.06 bits per heavy atom. The van der Waals surface area contributed by atoms with Crippen LogP contribution in [0.25, 0.3) is 0 Å². The van der Waals surface area contributed by atoms with Gasteiger partial charge in [-0.25, -0.2) is 0 Å². The highest BCUT2D eigenvalue weighted by Crippen LogP contribution is 2.52. The molecule has 0 N–H and O–H groups in total. The molecule has 0 saturated carbocycles. The van der Waals surface area contributed by atoms with Crippen LogP contribution in [0.3, 0.4) is 0 Å². The highest BCUT2D eigenvalue weighted by molar-refractivity contribution is 7.83. The number of hydrogen-bond donors (Lipinski definition) is 0. The van der Waals surface area contributed by atoms with Crippen molar-refractivity contribution in [1.29, 1.82) is 0 Å². The van der Waals surface area contributed by atoms with Crippen molar-refractivity contribution in [3.8, 4) is 0 Å². The molecular formula is C12H21O3P. The Kier molecular flexibility index (Phi) is 5.40. The molecule has 1 saturated heterocycles. The first kappa shape index (κ1) is 13.6. The minimum absolute atomic E-state index is 0.214. The van der Waals surface area contributed by atoms with Crippen molar-refractivity contribution >= 4 is 18.4 Å². The fraction of sp³-hybridized carbons (Fsp3) is 0.833. The molecule has 0 aliphatic carbocycles. The maximum atomic E-state index is 12.1. The molecule has 1 aliphatic heterocycles. The zero-order valence-electron chi connectivity index (χ0n) is 10.0. The molecule has 0 aromatic carbocycles. The fourth-order valence-electron chi connectivity index (χ4n) is 2.08. The van der Waals surface area contributed by atoms with Crippen LogP contribution >= 0.6 is 7.14 Å². The lowest BCUT2D eigenvalue weighted by Crippen LogP contribution is -2.05. The third-order valence-electron chi connectivity index (χ3n) is 3.18. The van der Waals surface area contributed by atoms with Gasteiger partial charge in [0.2, 0.25) is 5.78 Å². The Balaban J connectivity index is 2.20. The quantitative estimate of drug-likeness (QED) is 0.392. The van der Waals surface area contributed by atoms with Gasteiger partial charge in [-0.05, 0) is 6.42 Å². The van der Waals surface area contributed by atoms with Crippen LogP contribution < -0.4 is 0 Å². The molecule has 92 valence electrons. The van der Waals surface area contributed by atoms with Gasteiger partial charge in [-0.3, -0.25) is 9.59 Å². The highest BCUT2D eigenvalue weighted by atomic mass is 31.2. The van der Waals surface area contributed by atoms with Gasteiger partial charge in [0.1, 0.15) is 0 Å². The van der Waals surface area contributed by atoms with Crippen LogP contribution in [0.5, 0.6) is 0 Å². The summed E-state index contributed by atoms with van der Waals surface area (Å²) in [5, 5.41) is 0. The number of hydrogen-bond acceptors (Lipinski definition) is 3. The highest BCUT2D eigenvalue weighted by Gasteiger charge is 2.41. The normalized spacial score (nSPS) is 25.3. The molecule has 0 aromatic rings. The van der Waals surface area contributed by atoms with Crippen molar-refractivity contribution in [2.75, 3.05) is 12.3 Å². The first-order valence-electron chi connectivity index (χ1n) is 6.26. The van der Waals surface area contributed by atoms with Gasteiger partial charge >= 0.3 is 0 Å². The largest absolute Gasteiger partial charge is 0.315 e. The molecule has 16 heavy (non-hydrogen) atoms. The molecule has 1 unspecified atom stereocenters.